The van der Waals surface area contributed by atoms with Gasteiger partial charge in [0.05, 0.1) is 0 Å². The van der Waals surface area contributed by atoms with Gasteiger partial charge in [0, 0.05) is 0 Å². The molecule has 0 bridgehead atoms. The summed E-state index contributed by atoms with van der Waals surface area (Å²) in [6.07, 6.45) is 20.1. The van der Waals surface area contributed by atoms with Gasteiger partial charge in [-0.05, 0) is 78.3 Å². The second-order valence-corrected chi connectivity index (χ2v) is 10.6. The monoisotopic (exact) mass is 446 g/mol. The topological polar surface area (TPSA) is 0 Å². The molecular formula is C30H55P. The highest BCUT2D eigenvalue weighted by atomic mass is 31.0. The zero-order valence-electron chi connectivity index (χ0n) is 22.1. The summed E-state index contributed by atoms with van der Waals surface area (Å²) in [4.78, 5) is 0. The fraction of sp³-hybridized carbons (Fsp3) is 0.800. The average Bonchev–Trinajstić information content (AvgIpc) is 2.77. The van der Waals surface area contributed by atoms with E-state index in [1.165, 1.54) is 102 Å². The van der Waals surface area contributed by atoms with Crippen molar-refractivity contribution in [3.8, 4) is 0 Å². The van der Waals surface area contributed by atoms with Crippen molar-refractivity contribution in [2.24, 2.45) is 0 Å². The Morgan fingerprint density at radius 3 is 1.39 bits per heavy atom. The first-order valence-electron chi connectivity index (χ1n) is 14.0. The van der Waals surface area contributed by atoms with Gasteiger partial charge in [0.15, 0.2) is 0 Å². The van der Waals surface area contributed by atoms with Gasteiger partial charge < -0.3 is 0 Å². The van der Waals surface area contributed by atoms with Gasteiger partial charge in [-0.25, -0.2) is 0 Å². The molecule has 0 nitrogen and oxygen atoms in total. The highest BCUT2D eigenvalue weighted by molar-refractivity contribution is 7.27. The van der Waals surface area contributed by atoms with Crippen LogP contribution >= 0.6 is 9.24 Å². The lowest BCUT2D eigenvalue weighted by Gasteiger charge is -2.32. The molecule has 1 aromatic carbocycles. The Labute approximate surface area is 199 Å². The molecule has 0 saturated carbocycles. The third-order valence-corrected chi connectivity index (χ3v) is 7.74. The molecule has 0 aliphatic heterocycles. The Morgan fingerprint density at radius 2 is 0.935 bits per heavy atom. The first kappa shape index (κ1) is 28.7. The molecule has 1 rings (SSSR count). The van der Waals surface area contributed by atoms with Crippen LogP contribution in [0.2, 0.25) is 0 Å². The van der Waals surface area contributed by atoms with Crippen LogP contribution in [0.15, 0.2) is 12.1 Å². The first-order valence-corrected chi connectivity index (χ1v) is 14.6. The molecule has 0 radical (unpaired) electrons. The molecule has 0 fully saturated rings. The summed E-state index contributed by atoms with van der Waals surface area (Å²) in [7, 11) is 3.15. The van der Waals surface area contributed by atoms with Crippen molar-refractivity contribution in [2.45, 2.75) is 156 Å². The predicted molar refractivity (Wildman–Crippen MR) is 147 cm³/mol. The molecule has 0 heterocycles. The molecular weight excluding hydrogens is 391 g/mol. The largest absolute Gasteiger partial charge is 0.105 e. The van der Waals surface area contributed by atoms with E-state index in [9.17, 15) is 0 Å². The smallest absolute Gasteiger partial charge is 0.0153 e. The van der Waals surface area contributed by atoms with Gasteiger partial charge in [-0.1, -0.05) is 111 Å². The number of hydrogen-bond donors (Lipinski definition) is 0. The molecule has 0 aliphatic carbocycles. The van der Waals surface area contributed by atoms with Crippen LogP contribution in [0.1, 0.15) is 172 Å². The summed E-state index contributed by atoms with van der Waals surface area (Å²) in [5.74, 6) is 2.23. The maximum Gasteiger partial charge on any atom is -0.0153 e. The van der Waals surface area contributed by atoms with Crippen LogP contribution in [-0.4, -0.2) is 0 Å². The van der Waals surface area contributed by atoms with E-state index in [1.54, 1.807) is 11.1 Å². The summed E-state index contributed by atoms with van der Waals surface area (Å²) < 4.78 is 0. The Morgan fingerprint density at radius 1 is 0.516 bits per heavy atom. The summed E-state index contributed by atoms with van der Waals surface area (Å²) in [6.45, 7) is 14.2. The van der Waals surface area contributed by atoms with Gasteiger partial charge in [0.1, 0.15) is 0 Å². The minimum atomic E-state index is 0.738. The number of benzene rings is 1. The number of rotatable bonds is 18. The first-order chi connectivity index (χ1) is 15.1. The molecule has 1 aromatic rings. The zero-order valence-corrected chi connectivity index (χ0v) is 23.2. The van der Waals surface area contributed by atoms with E-state index in [2.05, 4.69) is 62.9 Å². The predicted octanol–water partition coefficient (Wildman–Crippen LogP) is 10.4. The lowest BCUT2D eigenvalue weighted by Crippen LogP contribution is -2.19. The van der Waals surface area contributed by atoms with Gasteiger partial charge in [-0.2, -0.15) is 0 Å². The zero-order chi connectivity index (χ0) is 23.1. The van der Waals surface area contributed by atoms with Crippen LogP contribution in [-0.2, 0) is 0 Å². The molecule has 0 aliphatic rings. The van der Waals surface area contributed by atoms with Crippen LogP contribution in [0.5, 0.6) is 0 Å². The molecule has 0 saturated heterocycles. The highest BCUT2D eigenvalue weighted by Crippen LogP contribution is 2.42. The van der Waals surface area contributed by atoms with Gasteiger partial charge in [0.2, 0.25) is 0 Å². The van der Waals surface area contributed by atoms with Crippen molar-refractivity contribution in [3.63, 3.8) is 0 Å². The maximum absolute atomic E-state index is 3.15. The SMILES string of the molecule is CCCCC(CCC)c1ccc(P)c(C(CCC)CCCC)c1C(CCC)CCCC. The fourth-order valence-corrected chi connectivity index (χ4v) is 6.14. The van der Waals surface area contributed by atoms with Crippen LogP contribution in [0.25, 0.3) is 0 Å². The molecule has 0 N–H and O–H groups in total. The van der Waals surface area contributed by atoms with E-state index in [0.717, 1.165) is 17.8 Å². The van der Waals surface area contributed by atoms with Crippen LogP contribution in [0.3, 0.4) is 0 Å². The molecule has 0 aromatic heterocycles. The summed E-state index contributed by atoms with van der Waals surface area (Å²) in [5, 5.41) is 1.50. The summed E-state index contributed by atoms with van der Waals surface area (Å²) in [6, 6.07) is 5.01. The highest BCUT2D eigenvalue weighted by Gasteiger charge is 2.27. The Hall–Kier alpha value is -0.350. The minimum absolute atomic E-state index is 0.738. The lowest BCUT2D eigenvalue weighted by molar-refractivity contribution is 0.488. The van der Waals surface area contributed by atoms with E-state index in [4.69, 9.17) is 0 Å². The Balaban J connectivity index is 3.66. The van der Waals surface area contributed by atoms with Crippen molar-refractivity contribution < 1.29 is 0 Å². The normalized spacial score (nSPS) is 14.5. The minimum Gasteiger partial charge on any atom is -0.105 e. The second-order valence-electron chi connectivity index (χ2n) is 9.95. The van der Waals surface area contributed by atoms with Crippen molar-refractivity contribution in [3.05, 3.63) is 28.8 Å². The Kier molecular flexibility index (Phi) is 15.9. The van der Waals surface area contributed by atoms with Gasteiger partial charge in [-0.15, -0.1) is 9.24 Å². The van der Waals surface area contributed by atoms with E-state index in [1.807, 2.05) is 5.56 Å². The molecule has 0 amide bonds. The van der Waals surface area contributed by atoms with Gasteiger partial charge in [-0.3, -0.25) is 0 Å². The molecule has 180 valence electrons. The summed E-state index contributed by atoms with van der Waals surface area (Å²) >= 11 is 0. The maximum atomic E-state index is 3.15. The van der Waals surface area contributed by atoms with Crippen molar-refractivity contribution in [2.75, 3.05) is 0 Å². The standard InChI is InChI=1S/C30H55P/c1-7-13-19-24(16-10-4)27-22-23-28(31)30(26(18-12-6)21-15-9-3)29(27)25(17-11-5)20-14-8-2/h22-26H,7-21,31H2,1-6H3. The van der Waals surface area contributed by atoms with E-state index in [-0.39, 0.29) is 0 Å². The molecule has 4 atom stereocenters. The van der Waals surface area contributed by atoms with Gasteiger partial charge >= 0.3 is 0 Å². The molecule has 0 spiro atoms. The second kappa shape index (κ2) is 17.2. The number of hydrogen-bond acceptors (Lipinski definition) is 0. The van der Waals surface area contributed by atoms with Crippen LogP contribution in [0.4, 0.5) is 0 Å². The van der Waals surface area contributed by atoms with E-state index in [0.29, 0.717) is 0 Å². The number of unbranched alkanes of at least 4 members (excludes halogenated alkanes) is 3. The summed E-state index contributed by atoms with van der Waals surface area (Å²) in [5.41, 5.74) is 5.31. The van der Waals surface area contributed by atoms with Gasteiger partial charge in [0.25, 0.3) is 0 Å². The fourth-order valence-electron chi connectivity index (χ4n) is 5.66. The van der Waals surface area contributed by atoms with E-state index >= 15 is 0 Å². The molecule has 4 unspecified atom stereocenters. The Bertz CT molecular complexity index is 576. The molecule has 31 heavy (non-hydrogen) atoms. The third kappa shape index (κ3) is 9.20. The average molecular weight is 447 g/mol. The third-order valence-electron chi connectivity index (χ3n) is 7.24. The van der Waals surface area contributed by atoms with E-state index < -0.39 is 0 Å². The van der Waals surface area contributed by atoms with Crippen LogP contribution < -0.4 is 5.30 Å². The van der Waals surface area contributed by atoms with Crippen molar-refractivity contribution >= 4 is 14.5 Å². The van der Waals surface area contributed by atoms with Crippen LogP contribution in [0, 0.1) is 0 Å². The quantitative estimate of drug-likeness (QED) is 0.197. The molecule has 1 heteroatoms. The van der Waals surface area contributed by atoms with Crippen molar-refractivity contribution in [1.82, 2.24) is 0 Å². The van der Waals surface area contributed by atoms with Crippen molar-refractivity contribution in [1.29, 1.82) is 0 Å². The lowest BCUT2D eigenvalue weighted by atomic mass is 9.74.